The maximum atomic E-state index is 12.4. The van der Waals surface area contributed by atoms with E-state index in [2.05, 4.69) is 19.7 Å². The van der Waals surface area contributed by atoms with E-state index in [0.717, 1.165) is 43.7 Å². The minimum absolute atomic E-state index is 0.110. The molecule has 0 fully saturated rings. The summed E-state index contributed by atoms with van der Waals surface area (Å²) in [6.07, 6.45) is 1.51. The maximum Gasteiger partial charge on any atom is 0.234 e. The molecule has 9 heteroatoms. The lowest BCUT2D eigenvalue weighted by Gasteiger charge is -2.07. The van der Waals surface area contributed by atoms with E-state index in [-0.39, 0.29) is 11.7 Å². The van der Waals surface area contributed by atoms with Crippen molar-refractivity contribution in [3.05, 3.63) is 54.9 Å². The Balaban J connectivity index is 1.45. The summed E-state index contributed by atoms with van der Waals surface area (Å²) in [5.74, 6) is 1.68. The van der Waals surface area contributed by atoms with Gasteiger partial charge in [0.2, 0.25) is 5.91 Å². The third-order valence-electron chi connectivity index (χ3n) is 4.38. The number of nitrogens with zero attached hydrogens (tertiary/aromatic N) is 3. The fraction of sp³-hybridized carbons (Fsp3) is 0.182. The lowest BCUT2D eigenvalue weighted by atomic mass is 10.1. The minimum atomic E-state index is -0.110. The molecule has 7 nitrogen and oxygen atoms in total. The second-order valence-corrected chi connectivity index (χ2v) is 8.15. The molecule has 31 heavy (non-hydrogen) atoms. The number of nitrogens with one attached hydrogen (secondary N) is 1. The number of methoxy groups -OCH3 is 1. The fourth-order valence-corrected chi connectivity index (χ4v) is 4.64. The highest BCUT2D eigenvalue weighted by atomic mass is 32.2. The molecule has 0 spiro atoms. The summed E-state index contributed by atoms with van der Waals surface area (Å²) in [5, 5.41) is 3.63. The van der Waals surface area contributed by atoms with Gasteiger partial charge in [-0.25, -0.2) is 9.97 Å². The molecule has 0 unspecified atom stereocenters. The summed E-state index contributed by atoms with van der Waals surface area (Å²) >= 11 is 2.70. The molecule has 0 bridgehead atoms. The first kappa shape index (κ1) is 21.1. The number of amides is 1. The molecule has 0 saturated carbocycles. The van der Waals surface area contributed by atoms with Crippen LogP contribution in [0.3, 0.4) is 0 Å². The Morgan fingerprint density at radius 3 is 2.52 bits per heavy atom. The normalized spacial score (nSPS) is 10.8. The molecule has 158 valence electrons. The maximum absolute atomic E-state index is 12.4. The van der Waals surface area contributed by atoms with Crippen molar-refractivity contribution in [2.45, 2.75) is 11.9 Å². The zero-order chi connectivity index (χ0) is 21.6. The zero-order valence-corrected chi connectivity index (χ0v) is 18.6. The Morgan fingerprint density at radius 1 is 1.06 bits per heavy atom. The lowest BCUT2D eigenvalue weighted by Crippen LogP contribution is -2.14. The van der Waals surface area contributed by atoms with Crippen molar-refractivity contribution in [2.75, 3.05) is 24.8 Å². The SMILES string of the molecule is CCOc1ccc(NC(=O)CSc2ncnc3c(-c4ccc(OC)cc4)nsc23)cc1. The van der Waals surface area contributed by atoms with E-state index in [1.54, 1.807) is 7.11 Å². The van der Waals surface area contributed by atoms with E-state index in [9.17, 15) is 4.79 Å². The van der Waals surface area contributed by atoms with Crippen LogP contribution >= 0.6 is 23.3 Å². The molecule has 0 aliphatic rings. The van der Waals surface area contributed by atoms with Gasteiger partial charge in [-0.05, 0) is 67.0 Å². The van der Waals surface area contributed by atoms with Crippen molar-refractivity contribution >= 4 is 45.1 Å². The Kier molecular flexibility index (Phi) is 6.63. The molecular formula is C22H20N4O3S2. The van der Waals surface area contributed by atoms with E-state index in [0.29, 0.717) is 6.61 Å². The summed E-state index contributed by atoms with van der Waals surface area (Å²) in [6, 6.07) is 15.0. The van der Waals surface area contributed by atoms with Gasteiger partial charge in [-0.3, -0.25) is 4.79 Å². The quantitative estimate of drug-likeness (QED) is 0.301. The number of carbonyl (C=O) groups excluding carboxylic acids is 1. The molecule has 0 saturated heterocycles. The molecule has 0 atom stereocenters. The van der Waals surface area contributed by atoms with E-state index >= 15 is 0 Å². The van der Waals surface area contributed by atoms with Crippen molar-refractivity contribution in [3.8, 4) is 22.8 Å². The predicted octanol–water partition coefficient (Wildman–Crippen LogP) is 4.89. The Labute approximate surface area is 188 Å². The van der Waals surface area contributed by atoms with Crippen molar-refractivity contribution in [1.82, 2.24) is 14.3 Å². The van der Waals surface area contributed by atoms with Crippen LogP contribution in [0.1, 0.15) is 6.92 Å². The number of aromatic nitrogens is 3. The smallest absolute Gasteiger partial charge is 0.234 e. The van der Waals surface area contributed by atoms with Gasteiger partial charge in [0.15, 0.2) is 0 Å². The average molecular weight is 453 g/mol. The molecule has 0 aliphatic heterocycles. The highest BCUT2D eigenvalue weighted by Crippen LogP contribution is 2.34. The number of rotatable bonds is 8. The Morgan fingerprint density at radius 2 is 1.81 bits per heavy atom. The van der Waals surface area contributed by atoms with Crippen LogP contribution in [0.5, 0.6) is 11.5 Å². The van der Waals surface area contributed by atoms with Crippen LogP contribution in [0.15, 0.2) is 59.9 Å². The van der Waals surface area contributed by atoms with E-state index in [4.69, 9.17) is 9.47 Å². The minimum Gasteiger partial charge on any atom is -0.497 e. The van der Waals surface area contributed by atoms with Crippen molar-refractivity contribution in [2.24, 2.45) is 0 Å². The van der Waals surface area contributed by atoms with Crippen LogP contribution in [-0.4, -0.2) is 39.7 Å². The first-order valence-corrected chi connectivity index (χ1v) is 11.3. The molecule has 4 rings (SSSR count). The third kappa shape index (κ3) is 4.95. The molecule has 1 N–H and O–H groups in total. The van der Waals surface area contributed by atoms with Crippen molar-refractivity contribution in [3.63, 3.8) is 0 Å². The Hall–Kier alpha value is -3.17. The van der Waals surface area contributed by atoms with Crippen LogP contribution in [0, 0.1) is 0 Å². The highest BCUT2D eigenvalue weighted by molar-refractivity contribution is 8.00. The molecule has 0 aliphatic carbocycles. The molecular weight excluding hydrogens is 432 g/mol. The van der Waals surface area contributed by atoms with Gasteiger partial charge in [-0.2, -0.15) is 4.37 Å². The number of anilines is 1. The fourth-order valence-electron chi connectivity index (χ4n) is 2.92. The van der Waals surface area contributed by atoms with E-state index < -0.39 is 0 Å². The number of benzene rings is 2. The van der Waals surface area contributed by atoms with Gasteiger partial charge in [-0.15, -0.1) is 0 Å². The predicted molar refractivity (Wildman–Crippen MR) is 124 cm³/mol. The number of carbonyl (C=O) groups is 1. The molecule has 1 amide bonds. The molecule has 4 aromatic rings. The first-order valence-electron chi connectivity index (χ1n) is 9.58. The number of hydrogen-bond acceptors (Lipinski definition) is 8. The van der Waals surface area contributed by atoms with Gasteiger partial charge in [0.05, 0.1) is 19.5 Å². The van der Waals surface area contributed by atoms with Crippen LogP contribution in [-0.2, 0) is 4.79 Å². The molecule has 2 heterocycles. The third-order valence-corrected chi connectivity index (χ3v) is 6.34. The number of thioether (sulfide) groups is 1. The number of ether oxygens (including phenoxy) is 2. The van der Waals surface area contributed by atoms with Crippen molar-refractivity contribution < 1.29 is 14.3 Å². The molecule has 0 radical (unpaired) electrons. The summed E-state index contributed by atoms with van der Waals surface area (Å²) < 4.78 is 16.1. The van der Waals surface area contributed by atoms with Crippen LogP contribution in [0.2, 0.25) is 0 Å². The van der Waals surface area contributed by atoms with E-state index in [1.165, 1.54) is 29.6 Å². The average Bonchev–Trinajstić information content (AvgIpc) is 3.24. The monoisotopic (exact) mass is 452 g/mol. The largest absolute Gasteiger partial charge is 0.497 e. The second-order valence-electron chi connectivity index (χ2n) is 6.41. The van der Waals surface area contributed by atoms with Crippen LogP contribution in [0.25, 0.3) is 21.5 Å². The standard InChI is InChI=1S/C22H20N4O3S2/c1-3-29-17-10-6-15(7-11-17)25-18(27)12-30-22-21-20(23-13-24-22)19(26-31-21)14-4-8-16(28-2)9-5-14/h4-11,13H,3,12H2,1-2H3,(H,25,27). The summed E-state index contributed by atoms with van der Waals surface area (Å²) in [7, 11) is 1.63. The van der Waals surface area contributed by atoms with E-state index in [1.807, 2.05) is 55.5 Å². The summed E-state index contributed by atoms with van der Waals surface area (Å²) in [4.78, 5) is 21.2. The lowest BCUT2D eigenvalue weighted by molar-refractivity contribution is -0.113. The Bertz CT molecular complexity index is 1180. The van der Waals surface area contributed by atoms with Gasteiger partial charge in [0.1, 0.15) is 38.8 Å². The second kappa shape index (κ2) is 9.76. The van der Waals surface area contributed by atoms with Gasteiger partial charge in [-0.1, -0.05) is 11.8 Å². The first-order chi connectivity index (χ1) is 15.2. The van der Waals surface area contributed by atoms with Gasteiger partial charge in [0.25, 0.3) is 0 Å². The summed E-state index contributed by atoms with van der Waals surface area (Å²) in [6.45, 7) is 2.54. The van der Waals surface area contributed by atoms with Crippen LogP contribution < -0.4 is 14.8 Å². The van der Waals surface area contributed by atoms with Gasteiger partial charge >= 0.3 is 0 Å². The zero-order valence-electron chi connectivity index (χ0n) is 17.0. The molecule has 2 aromatic heterocycles. The topological polar surface area (TPSA) is 86.2 Å². The van der Waals surface area contributed by atoms with Gasteiger partial charge < -0.3 is 14.8 Å². The number of hydrogen-bond donors (Lipinski definition) is 1. The van der Waals surface area contributed by atoms with Gasteiger partial charge in [0, 0.05) is 11.3 Å². The van der Waals surface area contributed by atoms with Crippen LogP contribution in [0.4, 0.5) is 5.69 Å². The number of fused-ring (bicyclic) bond motifs is 1. The highest BCUT2D eigenvalue weighted by Gasteiger charge is 2.15. The van der Waals surface area contributed by atoms with Crippen molar-refractivity contribution in [1.29, 1.82) is 0 Å². The summed E-state index contributed by atoms with van der Waals surface area (Å²) in [5.41, 5.74) is 3.25. The molecule has 2 aromatic carbocycles.